The molecule has 10 heteroatoms. The van der Waals surface area contributed by atoms with E-state index < -0.39 is 5.69 Å². The van der Waals surface area contributed by atoms with Crippen LogP contribution in [0.25, 0.3) is 11.2 Å². The number of carbonyl (C=O) groups is 1. The maximum Gasteiger partial charge on any atom is 0.332 e. The minimum absolute atomic E-state index is 0.0362. The lowest BCUT2D eigenvalue weighted by Gasteiger charge is -2.25. The van der Waals surface area contributed by atoms with Gasteiger partial charge in [-0.1, -0.05) is 6.07 Å². The first-order valence-corrected chi connectivity index (χ1v) is 10.8. The maximum atomic E-state index is 13.1. The van der Waals surface area contributed by atoms with E-state index in [2.05, 4.69) is 9.97 Å². The molecular weight excluding hydrogens is 412 g/mol. The number of hydrogen-bond donors (Lipinski definition) is 0. The normalized spacial score (nSPS) is 16.0. The molecule has 1 aliphatic heterocycles. The van der Waals surface area contributed by atoms with E-state index in [4.69, 9.17) is 4.74 Å². The van der Waals surface area contributed by atoms with Crippen LogP contribution in [0.4, 0.5) is 0 Å². The van der Waals surface area contributed by atoms with Crippen molar-refractivity contribution in [2.75, 3.05) is 13.2 Å². The molecule has 170 valence electrons. The topological polar surface area (TPSA) is 104 Å². The van der Waals surface area contributed by atoms with Crippen LogP contribution in [0.2, 0.25) is 0 Å². The molecule has 0 aromatic carbocycles. The Morgan fingerprint density at radius 3 is 2.84 bits per heavy atom. The Kier molecular flexibility index (Phi) is 6.50. The van der Waals surface area contributed by atoms with Gasteiger partial charge in [0.25, 0.3) is 5.56 Å². The maximum absolute atomic E-state index is 13.1. The van der Waals surface area contributed by atoms with Gasteiger partial charge >= 0.3 is 5.69 Å². The number of nitrogens with zero attached hydrogens (tertiary/aromatic N) is 6. The number of fused-ring (bicyclic) bond motifs is 1. The van der Waals surface area contributed by atoms with Crippen LogP contribution in [0.15, 0.2) is 40.4 Å². The van der Waals surface area contributed by atoms with E-state index >= 15 is 0 Å². The second kappa shape index (κ2) is 9.47. The van der Waals surface area contributed by atoms with Crippen LogP contribution >= 0.6 is 0 Å². The fourth-order valence-electron chi connectivity index (χ4n) is 4.13. The molecule has 0 N–H and O–H groups in total. The summed E-state index contributed by atoms with van der Waals surface area (Å²) in [6.45, 7) is 2.24. The molecule has 10 nitrogen and oxygen atoms in total. The van der Waals surface area contributed by atoms with Crippen molar-refractivity contribution in [3.05, 3.63) is 57.3 Å². The number of hydrogen-bond acceptors (Lipinski definition) is 6. The van der Waals surface area contributed by atoms with E-state index in [0.717, 1.165) is 29.6 Å². The van der Waals surface area contributed by atoms with Gasteiger partial charge in [-0.05, 0) is 30.9 Å². The van der Waals surface area contributed by atoms with Crippen molar-refractivity contribution < 1.29 is 9.53 Å². The Balaban J connectivity index is 1.45. The summed E-state index contributed by atoms with van der Waals surface area (Å²) in [4.78, 5) is 47.9. The SMILES string of the molecule is Cn1c(=O)c2c(ncn2CCCC(=O)N(Cc2cccnc2)CC2CCCO2)n(C)c1=O. The third kappa shape index (κ3) is 4.50. The van der Waals surface area contributed by atoms with Gasteiger partial charge in [0.15, 0.2) is 11.2 Å². The van der Waals surface area contributed by atoms with Gasteiger partial charge in [0.05, 0.1) is 12.4 Å². The van der Waals surface area contributed by atoms with Crippen LogP contribution in [0.5, 0.6) is 0 Å². The fourth-order valence-corrected chi connectivity index (χ4v) is 4.13. The molecule has 0 radical (unpaired) electrons. The lowest BCUT2D eigenvalue weighted by Crippen LogP contribution is -2.37. The first kappa shape index (κ1) is 21.9. The molecule has 1 amide bonds. The van der Waals surface area contributed by atoms with E-state index in [0.29, 0.717) is 43.6 Å². The predicted molar refractivity (Wildman–Crippen MR) is 118 cm³/mol. The predicted octanol–water partition coefficient (Wildman–Crippen LogP) is 0.817. The van der Waals surface area contributed by atoms with Crippen molar-refractivity contribution in [2.45, 2.75) is 44.9 Å². The summed E-state index contributed by atoms with van der Waals surface area (Å²) in [6, 6.07) is 3.82. The number of ether oxygens (including phenoxy) is 1. The van der Waals surface area contributed by atoms with Gasteiger partial charge in [0.1, 0.15) is 0 Å². The van der Waals surface area contributed by atoms with E-state index in [1.54, 1.807) is 30.3 Å². The molecule has 1 atom stereocenters. The third-order valence-corrected chi connectivity index (χ3v) is 5.90. The zero-order valence-corrected chi connectivity index (χ0v) is 18.4. The molecule has 1 aliphatic rings. The molecule has 1 saturated heterocycles. The van der Waals surface area contributed by atoms with Gasteiger partial charge in [-0.25, -0.2) is 9.78 Å². The molecule has 3 aromatic rings. The Labute approximate surface area is 185 Å². The van der Waals surface area contributed by atoms with Crippen molar-refractivity contribution in [3.63, 3.8) is 0 Å². The average Bonchev–Trinajstić information content (AvgIpc) is 3.46. The summed E-state index contributed by atoms with van der Waals surface area (Å²) in [5.41, 5.74) is 0.894. The number of carbonyl (C=O) groups excluding carboxylic acids is 1. The largest absolute Gasteiger partial charge is 0.376 e. The molecule has 4 rings (SSSR count). The van der Waals surface area contributed by atoms with Crippen LogP contribution in [0.1, 0.15) is 31.2 Å². The van der Waals surface area contributed by atoms with Crippen LogP contribution < -0.4 is 11.2 Å². The molecule has 0 spiro atoms. The molecular formula is C22H28N6O4. The Morgan fingerprint density at radius 1 is 1.28 bits per heavy atom. The molecule has 1 unspecified atom stereocenters. The zero-order valence-electron chi connectivity index (χ0n) is 18.4. The Hall–Kier alpha value is -3.27. The second-order valence-corrected chi connectivity index (χ2v) is 8.19. The standard InChI is InChI=1S/C22H28N6O4/c1-25-20-19(21(30)26(2)22(25)31)27(15-24-20)10-4-8-18(29)28(14-17-7-5-11-32-17)13-16-6-3-9-23-12-16/h3,6,9,12,15,17H,4-5,7-8,10-11,13-14H2,1-2H3. The molecule has 4 heterocycles. The lowest BCUT2D eigenvalue weighted by molar-refractivity contribution is -0.133. The zero-order chi connectivity index (χ0) is 22.7. The Morgan fingerprint density at radius 2 is 2.12 bits per heavy atom. The van der Waals surface area contributed by atoms with Crippen LogP contribution in [-0.2, 0) is 36.7 Å². The summed E-state index contributed by atoms with van der Waals surface area (Å²) < 4.78 is 9.89. The molecule has 1 fully saturated rings. The number of aromatic nitrogens is 5. The highest BCUT2D eigenvalue weighted by molar-refractivity contribution is 5.76. The third-order valence-electron chi connectivity index (χ3n) is 5.90. The van der Waals surface area contributed by atoms with E-state index in [9.17, 15) is 14.4 Å². The summed E-state index contributed by atoms with van der Waals surface area (Å²) in [7, 11) is 3.04. The minimum atomic E-state index is -0.414. The van der Waals surface area contributed by atoms with Gasteiger partial charge in [-0.3, -0.25) is 23.7 Å². The van der Waals surface area contributed by atoms with Gasteiger partial charge < -0.3 is 14.2 Å². The quantitative estimate of drug-likeness (QED) is 0.514. The highest BCUT2D eigenvalue weighted by Gasteiger charge is 2.23. The summed E-state index contributed by atoms with van der Waals surface area (Å²) in [5.74, 6) is 0.0362. The highest BCUT2D eigenvalue weighted by Crippen LogP contribution is 2.16. The Bertz CT molecular complexity index is 1210. The van der Waals surface area contributed by atoms with Crippen molar-refractivity contribution in [1.29, 1.82) is 0 Å². The van der Waals surface area contributed by atoms with Gasteiger partial charge in [0.2, 0.25) is 5.91 Å². The number of aryl methyl sites for hydroxylation is 2. The molecule has 0 aliphatic carbocycles. The van der Waals surface area contributed by atoms with Crippen molar-refractivity contribution in [3.8, 4) is 0 Å². The number of amides is 1. The van der Waals surface area contributed by atoms with Crippen molar-refractivity contribution >= 4 is 17.1 Å². The van der Waals surface area contributed by atoms with Crippen LogP contribution in [0.3, 0.4) is 0 Å². The van der Waals surface area contributed by atoms with E-state index in [1.807, 2.05) is 17.0 Å². The first-order valence-electron chi connectivity index (χ1n) is 10.8. The van der Waals surface area contributed by atoms with Crippen LogP contribution in [0, 0.1) is 0 Å². The van der Waals surface area contributed by atoms with Gasteiger partial charge in [-0.15, -0.1) is 0 Å². The second-order valence-electron chi connectivity index (χ2n) is 8.19. The van der Waals surface area contributed by atoms with E-state index in [-0.39, 0.29) is 17.6 Å². The smallest absolute Gasteiger partial charge is 0.332 e. The molecule has 0 bridgehead atoms. The van der Waals surface area contributed by atoms with Gasteiger partial charge in [-0.2, -0.15) is 0 Å². The monoisotopic (exact) mass is 440 g/mol. The number of imidazole rings is 1. The molecule has 32 heavy (non-hydrogen) atoms. The lowest BCUT2D eigenvalue weighted by atomic mass is 10.2. The summed E-state index contributed by atoms with van der Waals surface area (Å²) in [6.07, 6.45) is 7.96. The average molecular weight is 441 g/mol. The summed E-state index contributed by atoms with van der Waals surface area (Å²) in [5, 5.41) is 0. The fraction of sp³-hybridized carbons (Fsp3) is 0.500. The minimum Gasteiger partial charge on any atom is -0.376 e. The highest BCUT2D eigenvalue weighted by atomic mass is 16.5. The summed E-state index contributed by atoms with van der Waals surface area (Å²) >= 11 is 0. The van der Waals surface area contributed by atoms with Gasteiger partial charge in [0, 0.05) is 59.2 Å². The first-order chi connectivity index (χ1) is 15.5. The molecule has 0 saturated carbocycles. The van der Waals surface area contributed by atoms with E-state index in [1.165, 1.54) is 11.6 Å². The van der Waals surface area contributed by atoms with Crippen molar-refractivity contribution in [2.24, 2.45) is 14.1 Å². The molecule has 3 aromatic heterocycles. The van der Waals surface area contributed by atoms with Crippen molar-refractivity contribution in [1.82, 2.24) is 28.6 Å². The number of rotatable bonds is 8. The number of pyridine rings is 1. The van der Waals surface area contributed by atoms with Crippen LogP contribution in [-0.4, -0.2) is 53.7 Å².